The molecule has 0 radical (unpaired) electrons. The molecule has 0 aliphatic heterocycles. The van der Waals surface area contributed by atoms with Crippen LogP contribution in [0.3, 0.4) is 0 Å². The minimum absolute atomic E-state index is 0.783. The second-order valence-corrected chi connectivity index (χ2v) is 6.27. The number of aromatic nitrogens is 2. The van der Waals surface area contributed by atoms with E-state index < -0.39 is 0 Å². The fraction of sp³-hybridized carbons (Fsp3) is 0.158. The summed E-state index contributed by atoms with van der Waals surface area (Å²) in [6.07, 6.45) is 5.03. The topological polar surface area (TPSA) is 43.6 Å². The number of fused-ring (bicyclic) bond motifs is 2. The molecule has 4 aromatic rings. The normalized spacial score (nSPS) is 11.5. The third-order valence-corrected chi connectivity index (χ3v) is 4.48. The fourth-order valence-corrected chi connectivity index (χ4v) is 3.20. The van der Waals surface area contributed by atoms with Crippen molar-refractivity contribution < 1.29 is 0 Å². The predicted molar refractivity (Wildman–Crippen MR) is 97.0 cm³/mol. The summed E-state index contributed by atoms with van der Waals surface area (Å²) in [5, 5.41) is 6.78. The summed E-state index contributed by atoms with van der Waals surface area (Å²) >= 11 is 6.10. The van der Waals surface area contributed by atoms with E-state index in [1.165, 1.54) is 27.4 Å². The molecule has 0 saturated carbocycles. The van der Waals surface area contributed by atoms with Crippen LogP contribution in [-0.2, 0) is 13.0 Å². The average molecular weight is 324 g/mol. The van der Waals surface area contributed by atoms with Crippen molar-refractivity contribution in [1.82, 2.24) is 15.3 Å². The Balaban J connectivity index is 1.38. The molecule has 0 saturated heterocycles. The van der Waals surface area contributed by atoms with Gasteiger partial charge in [-0.05, 0) is 65.9 Å². The van der Waals surface area contributed by atoms with E-state index in [0.717, 1.165) is 30.0 Å². The number of nitrogens with one attached hydrogen (secondary N) is 3. The van der Waals surface area contributed by atoms with Gasteiger partial charge in [-0.2, -0.15) is 0 Å². The highest BCUT2D eigenvalue weighted by Crippen LogP contribution is 2.22. The second kappa shape index (κ2) is 6.11. The molecule has 0 unspecified atom stereocenters. The third kappa shape index (κ3) is 2.98. The summed E-state index contributed by atoms with van der Waals surface area (Å²) in [7, 11) is 0. The molecule has 2 heterocycles. The van der Waals surface area contributed by atoms with Crippen molar-refractivity contribution in [2.45, 2.75) is 13.0 Å². The highest BCUT2D eigenvalue weighted by molar-refractivity contribution is 6.31. The molecular weight excluding hydrogens is 306 g/mol. The minimum atomic E-state index is 0.783. The average Bonchev–Trinajstić information content (AvgIpc) is 3.17. The van der Waals surface area contributed by atoms with E-state index >= 15 is 0 Å². The van der Waals surface area contributed by atoms with E-state index in [1.807, 2.05) is 24.4 Å². The monoisotopic (exact) mass is 323 g/mol. The molecular formula is C19H18ClN3. The zero-order valence-electron chi connectivity index (χ0n) is 12.7. The minimum Gasteiger partial charge on any atom is -0.361 e. The highest BCUT2D eigenvalue weighted by Gasteiger charge is 2.04. The summed E-state index contributed by atoms with van der Waals surface area (Å²) in [5.74, 6) is 0. The van der Waals surface area contributed by atoms with E-state index in [0.29, 0.717) is 0 Å². The van der Waals surface area contributed by atoms with E-state index in [9.17, 15) is 0 Å². The maximum Gasteiger partial charge on any atom is 0.0457 e. The number of hydrogen-bond acceptors (Lipinski definition) is 1. The Kier molecular flexibility index (Phi) is 3.82. The Bertz CT molecular complexity index is 951. The van der Waals surface area contributed by atoms with E-state index in [4.69, 9.17) is 11.6 Å². The molecule has 0 atom stereocenters. The number of halogens is 1. The molecule has 23 heavy (non-hydrogen) atoms. The van der Waals surface area contributed by atoms with Gasteiger partial charge in [0.1, 0.15) is 0 Å². The number of rotatable bonds is 5. The fourth-order valence-electron chi connectivity index (χ4n) is 3.03. The summed E-state index contributed by atoms with van der Waals surface area (Å²) in [6.45, 7) is 1.81. The highest BCUT2D eigenvalue weighted by atomic mass is 35.5. The number of H-pyrrole nitrogens is 2. The molecule has 0 aliphatic rings. The summed E-state index contributed by atoms with van der Waals surface area (Å²) in [5.41, 5.74) is 4.93. The first-order valence-electron chi connectivity index (χ1n) is 7.82. The Hall–Kier alpha value is -2.23. The molecule has 116 valence electrons. The van der Waals surface area contributed by atoms with Crippen molar-refractivity contribution >= 4 is 33.4 Å². The van der Waals surface area contributed by atoms with Crippen molar-refractivity contribution in [3.05, 3.63) is 71.0 Å². The summed E-state index contributed by atoms with van der Waals surface area (Å²) in [4.78, 5) is 6.52. The van der Waals surface area contributed by atoms with Crippen LogP contribution in [0, 0.1) is 0 Å². The van der Waals surface area contributed by atoms with Crippen molar-refractivity contribution in [2.75, 3.05) is 6.54 Å². The van der Waals surface area contributed by atoms with Gasteiger partial charge < -0.3 is 15.3 Å². The molecule has 0 amide bonds. The van der Waals surface area contributed by atoms with Gasteiger partial charge in [-0.3, -0.25) is 0 Å². The molecule has 2 aromatic carbocycles. The SMILES string of the molecule is Clc1ccc2[nH]cc(CCNCc3ccc4[nH]ccc4c3)c2c1. The second-order valence-electron chi connectivity index (χ2n) is 5.83. The van der Waals surface area contributed by atoms with Crippen LogP contribution in [0.2, 0.25) is 5.02 Å². The van der Waals surface area contributed by atoms with Crippen LogP contribution >= 0.6 is 11.6 Å². The van der Waals surface area contributed by atoms with Gasteiger partial charge in [0.2, 0.25) is 0 Å². The van der Waals surface area contributed by atoms with Gasteiger partial charge in [0.05, 0.1) is 0 Å². The van der Waals surface area contributed by atoms with Crippen LogP contribution in [0.15, 0.2) is 54.9 Å². The van der Waals surface area contributed by atoms with Gasteiger partial charge in [0.15, 0.2) is 0 Å². The Morgan fingerprint density at radius 1 is 0.957 bits per heavy atom. The largest absolute Gasteiger partial charge is 0.361 e. The maximum atomic E-state index is 6.10. The smallest absolute Gasteiger partial charge is 0.0457 e. The van der Waals surface area contributed by atoms with E-state index in [2.05, 4.69) is 45.7 Å². The number of hydrogen-bond donors (Lipinski definition) is 3. The van der Waals surface area contributed by atoms with Gasteiger partial charge in [0.25, 0.3) is 0 Å². The molecule has 0 spiro atoms. The Morgan fingerprint density at radius 3 is 2.83 bits per heavy atom. The van der Waals surface area contributed by atoms with Gasteiger partial charge in [-0.1, -0.05) is 17.7 Å². The lowest BCUT2D eigenvalue weighted by atomic mass is 10.1. The van der Waals surface area contributed by atoms with Gasteiger partial charge in [-0.15, -0.1) is 0 Å². The first kappa shape index (κ1) is 14.4. The van der Waals surface area contributed by atoms with Crippen molar-refractivity contribution in [2.24, 2.45) is 0 Å². The lowest BCUT2D eigenvalue weighted by Gasteiger charge is -2.05. The lowest BCUT2D eigenvalue weighted by Crippen LogP contribution is -2.16. The van der Waals surface area contributed by atoms with Crippen LogP contribution in [0.5, 0.6) is 0 Å². The van der Waals surface area contributed by atoms with Crippen molar-refractivity contribution in [1.29, 1.82) is 0 Å². The van der Waals surface area contributed by atoms with Crippen LogP contribution in [0.4, 0.5) is 0 Å². The molecule has 4 rings (SSSR count). The third-order valence-electron chi connectivity index (χ3n) is 4.25. The van der Waals surface area contributed by atoms with Crippen LogP contribution in [-0.4, -0.2) is 16.5 Å². The first-order valence-corrected chi connectivity index (χ1v) is 8.20. The Labute approximate surface area is 139 Å². The molecule has 3 nitrogen and oxygen atoms in total. The van der Waals surface area contributed by atoms with Crippen molar-refractivity contribution in [3.63, 3.8) is 0 Å². The standard InChI is InChI=1S/C19H18ClN3/c20-16-2-4-19-17(10-16)15(12-23-19)5-7-21-11-13-1-3-18-14(9-13)6-8-22-18/h1-4,6,8-10,12,21-23H,5,7,11H2. The van der Waals surface area contributed by atoms with Crippen molar-refractivity contribution in [3.8, 4) is 0 Å². The molecule has 0 aliphatic carbocycles. The molecule has 2 aromatic heterocycles. The molecule has 4 heteroatoms. The van der Waals surface area contributed by atoms with Gasteiger partial charge in [-0.25, -0.2) is 0 Å². The van der Waals surface area contributed by atoms with Gasteiger partial charge in [0, 0.05) is 40.4 Å². The molecule has 0 fully saturated rings. The van der Waals surface area contributed by atoms with Crippen LogP contribution < -0.4 is 5.32 Å². The summed E-state index contributed by atoms with van der Waals surface area (Å²) in [6, 6.07) is 14.6. The number of benzene rings is 2. The van der Waals surface area contributed by atoms with E-state index in [-0.39, 0.29) is 0 Å². The first-order chi connectivity index (χ1) is 11.3. The zero-order chi connectivity index (χ0) is 15.6. The van der Waals surface area contributed by atoms with Crippen LogP contribution in [0.25, 0.3) is 21.8 Å². The lowest BCUT2D eigenvalue weighted by molar-refractivity contribution is 0.689. The molecule has 3 N–H and O–H groups in total. The predicted octanol–water partition coefficient (Wildman–Crippen LogP) is 4.63. The maximum absolute atomic E-state index is 6.10. The van der Waals surface area contributed by atoms with Crippen LogP contribution in [0.1, 0.15) is 11.1 Å². The Morgan fingerprint density at radius 2 is 1.87 bits per heavy atom. The van der Waals surface area contributed by atoms with Gasteiger partial charge >= 0.3 is 0 Å². The molecule has 0 bridgehead atoms. The van der Waals surface area contributed by atoms with E-state index in [1.54, 1.807) is 0 Å². The zero-order valence-corrected chi connectivity index (χ0v) is 13.5. The quantitative estimate of drug-likeness (QED) is 0.460. The number of aromatic amines is 2. The summed E-state index contributed by atoms with van der Waals surface area (Å²) < 4.78 is 0.